The van der Waals surface area contributed by atoms with Crippen LogP contribution in [0.25, 0.3) is 11.5 Å². The van der Waals surface area contributed by atoms with Gasteiger partial charge in [-0.15, -0.1) is 0 Å². The average Bonchev–Trinajstić information content (AvgIpc) is 2.96. The second-order valence-electron chi connectivity index (χ2n) is 6.38. The van der Waals surface area contributed by atoms with Crippen molar-refractivity contribution in [2.75, 3.05) is 27.2 Å². The number of nitrogens with one attached hydrogen (secondary N) is 1. The van der Waals surface area contributed by atoms with Crippen molar-refractivity contribution in [3.63, 3.8) is 0 Å². The molecule has 0 aliphatic carbocycles. The van der Waals surface area contributed by atoms with Gasteiger partial charge in [0, 0.05) is 13.5 Å². The highest BCUT2D eigenvalue weighted by molar-refractivity contribution is 5.73. The molecule has 0 aliphatic heterocycles. The summed E-state index contributed by atoms with van der Waals surface area (Å²) in [5.41, 5.74) is 0.0162. The largest absolute Gasteiger partial charge is 0.491 e. The predicted octanol–water partition coefficient (Wildman–Crippen LogP) is 2.05. The summed E-state index contributed by atoms with van der Waals surface area (Å²) in [5, 5.41) is 6.80. The van der Waals surface area contributed by atoms with E-state index in [1.807, 2.05) is 57.1 Å². The average molecular weight is 332 g/mol. The van der Waals surface area contributed by atoms with Crippen LogP contribution in [0, 0.1) is 0 Å². The van der Waals surface area contributed by atoms with E-state index in [0.29, 0.717) is 24.1 Å². The number of hydrogen-bond donors (Lipinski definition) is 1. The van der Waals surface area contributed by atoms with E-state index in [1.165, 1.54) is 6.92 Å². The molecule has 1 amide bonds. The van der Waals surface area contributed by atoms with Crippen LogP contribution in [0.1, 0.15) is 26.6 Å². The molecule has 0 saturated carbocycles. The van der Waals surface area contributed by atoms with E-state index in [-0.39, 0.29) is 5.91 Å². The maximum Gasteiger partial charge on any atom is 0.261 e. The molecule has 1 heterocycles. The van der Waals surface area contributed by atoms with Crippen LogP contribution in [0.4, 0.5) is 0 Å². The normalized spacial score (nSPS) is 11.6. The van der Waals surface area contributed by atoms with Gasteiger partial charge in [0.25, 0.3) is 5.89 Å². The standard InChI is InChI=1S/C17H24N4O3/c1-12(22)19-17(2,3)16-18-15(24-20-16)13-8-6-7-9-14(13)23-11-10-21(4)5/h6-9H,10-11H2,1-5H3,(H,19,22). The molecule has 2 aromatic rings. The number of nitrogens with zero attached hydrogens (tertiary/aromatic N) is 3. The lowest BCUT2D eigenvalue weighted by Crippen LogP contribution is -2.40. The van der Waals surface area contributed by atoms with E-state index in [0.717, 1.165) is 12.1 Å². The predicted molar refractivity (Wildman–Crippen MR) is 90.6 cm³/mol. The third-order valence-electron chi connectivity index (χ3n) is 3.39. The number of benzene rings is 1. The molecule has 0 radical (unpaired) electrons. The Balaban J connectivity index is 2.22. The van der Waals surface area contributed by atoms with E-state index in [2.05, 4.69) is 15.5 Å². The zero-order valence-electron chi connectivity index (χ0n) is 14.8. The molecule has 0 aliphatic rings. The maximum atomic E-state index is 11.3. The molecule has 1 N–H and O–H groups in total. The monoisotopic (exact) mass is 332 g/mol. The van der Waals surface area contributed by atoms with Crippen LogP contribution in [0.3, 0.4) is 0 Å². The summed E-state index contributed by atoms with van der Waals surface area (Å²) in [6, 6.07) is 7.52. The van der Waals surface area contributed by atoms with Crippen LogP contribution < -0.4 is 10.1 Å². The van der Waals surface area contributed by atoms with Crippen molar-refractivity contribution in [1.82, 2.24) is 20.4 Å². The molecular weight excluding hydrogens is 308 g/mol. The minimum absolute atomic E-state index is 0.154. The second kappa shape index (κ2) is 7.44. The minimum atomic E-state index is -0.714. The van der Waals surface area contributed by atoms with E-state index in [9.17, 15) is 4.79 Å². The van der Waals surface area contributed by atoms with Crippen molar-refractivity contribution in [3.05, 3.63) is 30.1 Å². The summed E-state index contributed by atoms with van der Waals surface area (Å²) in [6.07, 6.45) is 0. The van der Waals surface area contributed by atoms with Crippen LogP contribution >= 0.6 is 0 Å². The lowest BCUT2D eigenvalue weighted by atomic mass is 10.1. The number of likely N-dealkylation sites (N-methyl/N-ethyl adjacent to an activating group) is 1. The smallest absolute Gasteiger partial charge is 0.261 e. The SMILES string of the molecule is CC(=O)NC(C)(C)c1noc(-c2ccccc2OCCN(C)C)n1. The topological polar surface area (TPSA) is 80.5 Å². The summed E-state index contributed by atoms with van der Waals surface area (Å²) in [5.74, 6) is 1.31. The minimum Gasteiger partial charge on any atom is -0.491 e. The molecule has 24 heavy (non-hydrogen) atoms. The Labute approximate surface area is 142 Å². The van der Waals surface area contributed by atoms with Crippen molar-refractivity contribution in [3.8, 4) is 17.2 Å². The molecule has 7 heteroatoms. The maximum absolute atomic E-state index is 11.3. The van der Waals surface area contributed by atoms with Crippen molar-refractivity contribution < 1.29 is 14.1 Å². The van der Waals surface area contributed by atoms with Gasteiger partial charge < -0.3 is 19.5 Å². The van der Waals surface area contributed by atoms with Gasteiger partial charge in [-0.1, -0.05) is 17.3 Å². The molecule has 0 bridgehead atoms. The van der Waals surface area contributed by atoms with E-state index >= 15 is 0 Å². The fourth-order valence-corrected chi connectivity index (χ4v) is 2.19. The first-order chi connectivity index (χ1) is 11.3. The summed E-state index contributed by atoms with van der Waals surface area (Å²) in [6.45, 7) is 6.46. The molecule has 7 nitrogen and oxygen atoms in total. The number of para-hydroxylation sites is 1. The van der Waals surface area contributed by atoms with E-state index in [4.69, 9.17) is 9.26 Å². The third kappa shape index (κ3) is 4.55. The molecule has 0 atom stereocenters. The lowest BCUT2D eigenvalue weighted by molar-refractivity contribution is -0.120. The van der Waals surface area contributed by atoms with E-state index < -0.39 is 5.54 Å². The van der Waals surface area contributed by atoms with Crippen LogP contribution in [0.15, 0.2) is 28.8 Å². The summed E-state index contributed by atoms with van der Waals surface area (Å²) >= 11 is 0. The Hall–Kier alpha value is -2.41. The lowest BCUT2D eigenvalue weighted by Gasteiger charge is -2.20. The van der Waals surface area contributed by atoms with Gasteiger partial charge in [0.2, 0.25) is 5.91 Å². The number of aromatic nitrogens is 2. The Kier molecular flexibility index (Phi) is 5.56. The number of carbonyl (C=O) groups excluding carboxylic acids is 1. The molecule has 0 spiro atoms. The number of amides is 1. The van der Waals surface area contributed by atoms with Gasteiger partial charge in [-0.3, -0.25) is 4.79 Å². The number of hydrogen-bond acceptors (Lipinski definition) is 6. The molecular formula is C17H24N4O3. The Morgan fingerprint density at radius 3 is 2.71 bits per heavy atom. The molecule has 130 valence electrons. The first-order valence-corrected chi connectivity index (χ1v) is 7.79. The Bertz CT molecular complexity index is 695. The highest BCUT2D eigenvalue weighted by Gasteiger charge is 2.28. The highest BCUT2D eigenvalue weighted by Crippen LogP contribution is 2.30. The van der Waals surface area contributed by atoms with Crippen LogP contribution in [-0.4, -0.2) is 48.2 Å². The molecule has 0 unspecified atom stereocenters. The summed E-state index contributed by atoms with van der Waals surface area (Å²) < 4.78 is 11.2. The van der Waals surface area contributed by atoms with Gasteiger partial charge >= 0.3 is 0 Å². The highest BCUT2D eigenvalue weighted by atomic mass is 16.5. The molecule has 2 rings (SSSR count). The fourth-order valence-electron chi connectivity index (χ4n) is 2.19. The first kappa shape index (κ1) is 17.9. The van der Waals surface area contributed by atoms with Gasteiger partial charge in [-0.2, -0.15) is 4.98 Å². The zero-order chi connectivity index (χ0) is 17.7. The van der Waals surface area contributed by atoms with Crippen LogP contribution in [0.2, 0.25) is 0 Å². The third-order valence-corrected chi connectivity index (χ3v) is 3.39. The molecule has 0 fully saturated rings. The quantitative estimate of drug-likeness (QED) is 0.836. The molecule has 0 saturated heterocycles. The summed E-state index contributed by atoms with van der Waals surface area (Å²) in [4.78, 5) is 17.8. The fraction of sp³-hybridized carbons (Fsp3) is 0.471. The summed E-state index contributed by atoms with van der Waals surface area (Å²) in [7, 11) is 3.98. The van der Waals surface area contributed by atoms with Gasteiger partial charge in [0.05, 0.1) is 11.1 Å². The number of carbonyl (C=O) groups is 1. The van der Waals surface area contributed by atoms with Gasteiger partial charge in [0.1, 0.15) is 12.4 Å². The van der Waals surface area contributed by atoms with Crippen LogP contribution in [-0.2, 0) is 10.3 Å². The van der Waals surface area contributed by atoms with Crippen molar-refractivity contribution in [2.45, 2.75) is 26.3 Å². The zero-order valence-corrected chi connectivity index (χ0v) is 14.8. The number of rotatable bonds is 7. The molecule has 1 aromatic carbocycles. The van der Waals surface area contributed by atoms with Gasteiger partial charge in [0.15, 0.2) is 5.82 Å². The first-order valence-electron chi connectivity index (χ1n) is 7.79. The van der Waals surface area contributed by atoms with E-state index in [1.54, 1.807) is 0 Å². The Morgan fingerprint density at radius 2 is 2.04 bits per heavy atom. The van der Waals surface area contributed by atoms with Gasteiger partial charge in [-0.05, 0) is 40.1 Å². The molecule has 1 aromatic heterocycles. The van der Waals surface area contributed by atoms with Crippen molar-refractivity contribution in [1.29, 1.82) is 0 Å². The second-order valence-corrected chi connectivity index (χ2v) is 6.38. The van der Waals surface area contributed by atoms with Gasteiger partial charge in [-0.25, -0.2) is 0 Å². The van der Waals surface area contributed by atoms with Crippen LogP contribution in [0.5, 0.6) is 5.75 Å². The van der Waals surface area contributed by atoms with Crippen molar-refractivity contribution >= 4 is 5.91 Å². The number of ether oxygens (including phenoxy) is 1. The Morgan fingerprint density at radius 1 is 1.33 bits per heavy atom. The van der Waals surface area contributed by atoms with Crippen molar-refractivity contribution in [2.24, 2.45) is 0 Å².